The average molecular weight is 498 g/mol. The van der Waals surface area contributed by atoms with Gasteiger partial charge in [-0.1, -0.05) is 0 Å². The summed E-state index contributed by atoms with van der Waals surface area (Å²) in [6.45, 7) is -0.740. The third kappa shape index (κ3) is 7.15. The highest BCUT2D eigenvalue weighted by molar-refractivity contribution is 5.81. The molecule has 0 aliphatic carbocycles. The Hall–Kier alpha value is -1.70. The van der Waals surface area contributed by atoms with Crippen LogP contribution >= 0.6 is 0 Å². The summed E-state index contributed by atoms with van der Waals surface area (Å²) in [5.74, 6) is -0.657. The van der Waals surface area contributed by atoms with Crippen LogP contribution < -0.4 is 22.5 Å². The fourth-order valence-corrected chi connectivity index (χ4v) is 3.49. The first-order valence-corrected chi connectivity index (χ1v) is 10.7. The van der Waals surface area contributed by atoms with E-state index in [2.05, 4.69) is 10.3 Å². The Bertz CT molecular complexity index is 683. The predicted molar refractivity (Wildman–Crippen MR) is 112 cm³/mol. The lowest BCUT2D eigenvalue weighted by Crippen LogP contribution is -2.64. The van der Waals surface area contributed by atoms with Crippen LogP contribution in [0.2, 0.25) is 0 Å². The van der Waals surface area contributed by atoms with Crippen LogP contribution in [0.1, 0.15) is 12.8 Å². The third-order valence-corrected chi connectivity index (χ3v) is 5.57. The van der Waals surface area contributed by atoms with Gasteiger partial charge in [-0.15, -0.1) is 0 Å². The second-order valence-corrected chi connectivity index (χ2v) is 8.15. The molecule has 0 bridgehead atoms. The normalized spacial score (nSPS) is 39.3. The molecule has 0 aromatic carbocycles. The molecule has 2 saturated heterocycles. The van der Waals surface area contributed by atoms with Crippen molar-refractivity contribution in [1.82, 2.24) is 5.32 Å². The number of guanidine groups is 1. The van der Waals surface area contributed by atoms with Gasteiger partial charge in [-0.2, -0.15) is 0 Å². The molecule has 1 unspecified atom stereocenters. The molecule has 2 aliphatic rings. The van der Waals surface area contributed by atoms with Gasteiger partial charge in [0.15, 0.2) is 18.5 Å². The van der Waals surface area contributed by atoms with Gasteiger partial charge >= 0.3 is 0 Å². The summed E-state index contributed by atoms with van der Waals surface area (Å²) in [5.41, 5.74) is 16.2. The number of ether oxygens (including phenoxy) is 3. The summed E-state index contributed by atoms with van der Waals surface area (Å²) in [4.78, 5) is 16.0. The fraction of sp³-hybridized carbons (Fsp3) is 0.889. The lowest BCUT2D eigenvalue weighted by molar-refractivity contribution is -0.374. The van der Waals surface area contributed by atoms with Crippen molar-refractivity contribution in [1.29, 1.82) is 0 Å². The quantitative estimate of drug-likeness (QED) is 0.0759. The van der Waals surface area contributed by atoms with Crippen LogP contribution in [0.3, 0.4) is 0 Å². The van der Waals surface area contributed by atoms with Gasteiger partial charge in [0.05, 0.1) is 12.6 Å². The molecule has 0 aromatic heterocycles. The number of nitrogens with two attached hydrogens (primary N) is 3. The largest absolute Gasteiger partial charge is 0.394 e. The van der Waals surface area contributed by atoms with Crippen LogP contribution in [-0.4, -0.2) is 135 Å². The molecule has 2 aliphatic heterocycles. The van der Waals surface area contributed by atoms with E-state index in [0.717, 1.165) is 0 Å². The van der Waals surface area contributed by atoms with Crippen LogP contribution in [0.15, 0.2) is 4.99 Å². The zero-order chi connectivity index (χ0) is 25.6. The molecule has 0 radical (unpaired) electrons. The van der Waals surface area contributed by atoms with E-state index in [0.29, 0.717) is 6.42 Å². The van der Waals surface area contributed by atoms with Crippen molar-refractivity contribution in [3.05, 3.63) is 0 Å². The lowest BCUT2D eigenvalue weighted by atomic mass is 9.97. The maximum atomic E-state index is 12.2. The molecule has 1 amide bonds. The van der Waals surface area contributed by atoms with Gasteiger partial charge in [-0.3, -0.25) is 9.79 Å². The molecule has 0 aromatic rings. The number of carbonyl (C=O) groups is 1. The van der Waals surface area contributed by atoms with Crippen molar-refractivity contribution in [2.24, 2.45) is 22.2 Å². The van der Waals surface area contributed by atoms with Crippen LogP contribution in [-0.2, 0) is 19.0 Å². The first-order valence-electron chi connectivity index (χ1n) is 10.7. The molecule has 0 spiro atoms. The highest BCUT2D eigenvalue weighted by Gasteiger charge is 2.49. The summed E-state index contributed by atoms with van der Waals surface area (Å²) < 4.78 is 16.0. The topological polar surface area (TPSA) is 289 Å². The number of hydrogen-bond acceptors (Lipinski definition) is 13. The molecule has 14 N–H and O–H groups in total. The zero-order valence-corrected chi connectivity index (χ0v) is 18.3. The summed E-state index contributed by atoms with van der Waals surface area (Å²) >= 11 is 0. The van der Waals surface area contributed by atoms with Gasteiger partial charge in [0.25, 0.3) is 0 Å². The highest BCUT2D eigenvalue weighted by Crippen LogP contribution is 2.28. The van der Waals surface area contributed by atoms with Crippen molar-refractivity contribution in [2.75, 3.05) is 19.7 Å². The van der Waals surface area contributed by atoms with Crippen molar-refractivity contribution >= 4 is 11.9 Å². The maximum Gasteiger partial charge on any atom is 0.237 e. The number of amides is 1. The van der Waals surface area contributed by atoms with Gasteiger partial charge in [0.1, 0.15) is 48.8 Å². The molecule has 0 saturated carbocycles. The smallest absolute Gasteiger partial charge is 0.237 e. The number of aliphatic imine (C=N–C) groups is 1. The van der Waals surface area contributed by atoms with E-state index in [-0.39, 0.29) is 25.5 Å². The van der Waals surface area contributed by atoms with Gasteiger partial charge in [-0.05, 0) is 12.8 Å². The molecular weight excluding hydrogens is 462 g/mol. The second-order valence-electron chi connectivity index (χ2n) is 8.15. The van der Waals surface area contributed by atoms with E-state index < -0.39 is 80.0 Å². The van der Waals surface area contributed by atoms with E-state index in [1.807, 2.05) is 0 Å². The Labute approximate surface area is 194 Å². The molecule has 11 atom stereocenters. The molecule has 2 fully saturated rings. The molecule has 16 heteroatoms. The van der Waals surface area contributed by atoms with Crippen LogP contribution in [0, 0.1) is 0 Å². The molecule has 34 heavy (non-hydrogen) atoms. The van der Waals surface area contributed by atoms with E-state index >= 15 is 0 Å². The maximum absolute atomic E-state index is 12.2. The molecule has 198 valence electrons. The molecule has 16 nitrogen and oxygen atoms in total. The lowest BCUT2D eigenvalue weighted by Gasteiger charge is -2.44. The number of aliphatic hydroxyl groups is 7. The zero-order valence-electron chi connectivity index (χ0n) is 18.3. The Morgan fingerprint density at radius 1 is 0.912 bits per heavy atom. The van der Waals surface area contributed by atoms with Crippen LogP contribution in [0.25, 0.3) is 0 Å². The van der Waals surface area contributed by atoms with Crippen molar-refractivity contribution in [2.45, 2.75) is 80.3 Å². The molecular formula is C18H35N5O11. The van der Waals surface area contributed by atoms with Crippen molar-refractivity contribution in [3.8, 4) is 0 Å². The first-order chi connectivity index (χ1) is 16.0. The second kappa shape index (κ2) is 12.8. The number of carbonyl (C=O) groups excluding carboxylic acids is 1. The van der Waals surface area contributed by atoms with Crippen molar-refractivity contribution < 1.29 is 54.8 Å². The third-order valence-electron chi connectivity index (χ3n) is 5.57. The predicted octanol–water partition coefficient (Wildman–Crippen LogP) is -6.89. The van der Waals surface area contributed by atoms with Gasteiger partial charge in [0, 0.05) is 13.1 Å². The van der Waals surface area contributed by atoms with Crippen LogP contribution in [0.5, 0.6) is 0 Å². The fourth-order valence-electron chi connectivity index (χ4n) is 3.49. The molecule has 2 heterocycles. The minimum absolute atomic E-state index is 0.0808. The summed E-state index contributed by atoms with van der Waals surface area (Å²) in [6, 6.07) is -0.911. The average Bonchev–Trinajstić information content (AvgIpc) is 2.80. The number of nitrogens with one attached hydrogen (secondary N) is 1. The number of hydrogen-bond donors (Lipinski definition) is 11. The minimum atomic E-state index is -1.80. The standard InChI is InChI=1S/C18H35N5O11/c19-6(2-1-3-22-18(20)21)15(31)23-4-7-9(25)11(27)13(29)16(32-7)34-17-14(30)12(28)10(26)8(5-24)33-17/h6-14,16-17,24-30H,1-5,19H2,(H,23,31)(H4,20,21,22)/t6?,7-,8-,9-,10+,11+,12-,13-,14+,16-,17+/m1/s1. The molecule has 2 rings (SSSR count). The number of nitrogens with zero attached hydrogens (tertiary/aromatic N) is 1. The SMILES string of the molecule is NC(N)=NCCCC(N)C(=O)NC[C@H]1O[C@H](O[C@@H]2O[C@H](CO)[C@H](O)[C@@H](O)[C@@H]2O)[C@H](O)[C@@H](O)[C@@H]1O. The van der Waals surface area contributed by atoms with Crippen LogP contribution in [0.4, 0.5) is 0 Å². The Morgan fingerprint density at radius 3 is 1.97 bits per heavy atom. The summed E-state index contributed by atoms with van der Waals surface area (Å²) in [7, 11) is 0. The summed E-state index contributed by atoms with van der Waals surface area (Å²) in [5, 5.41) is 72.1. The number of rotatable bonds is 10. The Kier molecular flexibility index (Phi) is 10.8. The monoisotopic (exact) mass is 497 g/mol. The Balaban J connectivity index is 1.94. The minimum Gasteiger partial charge on any atom is -0.394 e. The summed E-state index contributed by atoms with van der Waals surface area (Å²) in [6.07, 6.45) is -15.5. The first kappa shape index (κ1) is 28.5. The Morgan fingerprint density at radius 2 is 1.44 bits per heavy atom. The van der Waals surface area contributed by atoms with Crippen molar-refractivity contribution in [3.63, 3.8) is 0 Å². The van der Waals surface area contributed by atoms with Gasteiger partial charge < -0.3 is 72.5 Å². The van der Waals surface area contributed by atoms with E-state index in [1.54, 1.807) is 0 Å². The van der Waals surface area contributed by atoms with E-state index in [9.17, 15) is 40.5 Å². The highest BCUT2D eigenvalue weighted by atomic mass is 16.8. The van der Waals surface area contributed by atoms with Gasteiger partial charge in [0.2, 0.25) is 5.91 Å². The van der Waals surface area contributed by atoms with Gasteiger partial charge in [-0.25, -0.2) is 0 Å². The van der Waals surface area contributed by atoms with E-state index in [4.69, 9.17) is 31.4 Å². The van der Waals surface area contributed by atoms with E-state index in [1.165, 1.54) is 0 Å². The number of aliphatic hydroxyl groups excluding tert-OH is 7.